The van der Waals surface area contributed by atoms with Gasteiger partial charge in [0.15, 0.2) is 5.78 Å². The second-order valence-corrected chi connectivity index (χ2v) is 7.58. The van der Waals surface area contributed by atoms with Crippen molar-refractivity contribution in [2.45, 2.75) is 5.60 Å². The summed E-state index contributed by atoms with van der Waals surface area (Å²) >= 11 is 0. The fourth-order valence-electron chi connectivity index (χ4n) is 3.96. The molecular formula is C29H26O4. The maximum absolute atomic E-state index is 13.0. The van der Waals surface area contributed by atoms with Gasteiger partial charge in [0.1, 0.15) is 23.7 Å². The summed E-state index contributed by atoms with van der Waals surface area (Å²) in [5.41, 5.74) is 2.30. The lowest BCUT2D eigenvalue weighted by atomic mass is 9.80. The van der Waals surface area contributed by atoms with Gasteiger partial charge in [-0.2, -0.15) is 0 Å². The molecule has 4 aromatic carbocycles. The molecule has 4 aromatic rings. The summed E-state index contributed by atoms with van der Waals surface area (Å²) in [5.74, 6) is 1.41. The molecule has 0 unspecified atom stereocenters. The van der Waals surface area contributed by atoms with Crippen LogP contribution < -0.4 is 9.47 Å². The van der Waals surface area contributed by atoms with Gasteiger partial charge in [-0.25, -0.2) is 0 Å². The van der Waals surface area contributed by atoms with Crippen molar-refractivity contribution in [2.24, 2.45) is 0 Å². The van der Waals surface area contributed by atoms with Crippen LogP contribution >= 0.6 is 0 Å². The molecule has 0 spiro atoms. The Balaban J connectivity index is 1.85. The minimum absolute atomic E-state index is 0.0853. The predicted molar refractivity (Wildman–Crippen MR) is 129 cm³/mol. The van der Waals surface area contributed by atoms with Gasteiger partial charge >= 0.3 is 0 Å². The molecule has 0 atom stereocenters. The van der Waals surface area contributed by atoms with Crippen LogP contribution in [0.4, 0.5) is 0 Å². The summed E-state index contributed by atoms with van der Waals surface area (Å²) in [4.78, 5) is 13.0. The molecule has 0 bridgehead atoms. The van der Waals surface area contributed by atoms with Crippen LogP contribution in [-0.2, 0) is 10.3 Å². The molecule has 166 valence electrons. The van der Waals surface area contributed by atoms with Gasteiger partial charge in [0, 0.05) is 5.56 Å². The third kappa shape index (κ3) is 4.66. The lowest BCUT2D eigenvalue weighted by Gasteiger charge is -2.36. The number of carbonyl (C=O) groups is 1. The van der Waals surface area contributed by atoms with E-state index in [2.05, 4.69) is 0 Å². The fraction of sp³-hybridized carbons (Fsp3) is 0.138. The SMILES string of the molecule is COc1ccc(C(OCC(=O)c2ccccc2)(c2ccccc2)c2ccc(OC)cc2)cc1. The highest BCUT2D eigenvalue weighted by Gasteiger charge is 2.38. The highest BCUT2D eigenvalue weighted by Crippen LogP contribution is 2.41. The largest absolute Gasteiger partial charge is 0.497 e. The molecule has 0 fully saturated rings. The zero-order valence-corrected chi connectivity index (χ0v) is 18.7. The van der Waals surface area contributed by atoms with E-state index in [0.717, 1.165) is 28.2 Å². The van der Waals surface area contributed by atoms with E-state index in [9.17, 15) is 4.79 Å². The normalized spacial score (nSPS) is 11.1. The monoisotopic (exact) mass is 438 g/mol. The maximum atomic E-state index is 13.0. The Morgan fingerprint density at radius 3 is 1.48 bits per heavy atom. The van der Waals surface area contributed by atoms with Crippen molar-refractivity contribution in [1.29, 1.82) is 0 Å². The van der Waals surface area contributed by atoms with Crippen molar-refractivity contribution in [3.63, 3.8) is 0 Å². The summed E-state index contributed by atoms with van der Waals surface area (Å²) < 4.78 is 17.4. The third-order valence-electron chi connectivity index (χ3n) is 5.69. The summed E-state index contributed by atoms with van der Waals surface area (Å²) in [6.07, 6.45) is 0. The van der Waals surface area contributed by atoms with E-state index >= 15 is 0 Å². The van der Waals surface area contributed by atoms with E-state index < -0.39 is 5.60 Å². The number of hydrogen-bond donors (Lipinski definition) is 0. The van der Waals surface area contributed by atoms with Crippen molar-refractivity contribution in [1.82, 2.24) is 0 Å². The molecule has 0 aliphatic rings. The van der Waals surface area contributed by atoms with Crippen LogP contribution in [0.1, 0.15) is 27.0 Å². The van der Waals surface area contributed by atoms with E-state index in [-0.39, 0.29) is 12.4 Å². The summed E-state index contributed by atoms with van der Waals surface area (Å²) in [6, 6.07) is 34.6. The highest BCUT2D eigenvalue weighted by atomic mass is 16.5. The van der Waals surface area contributed by atoms with Crippen molar-refractivity contribution in [2.75, 3.05) is 20.8 Å². The van der Waals surface area contributed by atoms with Crippen LogP contribution in [0.25, 0.3) is 0 Å². The molecule has 0 saturated carbocycles. The molecule has 0 radical (unpaired) electrons. The van der Waals surface area contributed by atoms with Crippen molar-refractivity contribution in [3.8, 4) is 11.5 Å². The zero-order chi connectivity index (χ0) is 23.1. The number of Topliss-reactive ketones (excluding diaryl/α,β-unsaturated/α-hetero) is 1. The van der Waals surface area contributed by atoms with Crippen molar-refractivity contribution < 1.29 is 19.0 Å². The number of carbonyl (C=O) groups excluding carboxylic acids is 1. The molecule has 4 heteroatoms. The Labute approximate surface area is 194 Å². The van der Waals surface area contributed by atoms with Crippen LogP contribution in [-0.4, -0.2) is 26.6 Å². The van der Waals surface area contributed by atoms with Gasteiger partial charge in [0.25, 0.3) is 0 Å². The fourth-order valence-corrected chi connectivity index (χ4v) is 3.96. The second-order valence-electron chi connectivity index (χ2n) is 7.58. The number of ether oxygens (including phenoxy) is 3. The van der Waals surface area contributed by atoms with E-state index in [1.165, 1.54) is 0 Å². The molecule has 0 aromatic heterocycles. The van der Waals surface area contributed by atoms with Crippen LogP contribution in [0.2, 0.25) is 0 Å². The first-order valence-electron chi connectivity index (χ1n) is 10.7. The number of methoxy groups -OCH3 is 2. The van der Waals surface area contributed by atoms with E-state index in [0.29, 0.717) is 5.56 Å². The molecule has 33 heavy (non-hydrogen) atoms. The quantitative estimate of drug-likeness (QED) is 0.241. The molecule has 0 saturated heterocycles. The van der Waals surface area contributed by atoms with E-state index in [1.54, 1.807) is 26.4 Å². The second kappa shape index (κ2) is 10.2. The molecule has 0 aliphatic carbocycles. The Bertz CT molecular complexity index is 1120. The van der Waals surface area contributed by atoms with Gasteiger partial charge in [0.05, 0.1) is 14.2 Å². The lowest BCUT2D eigenvalue weighted by molar-refractivity contribution is 0.0163. The number of benzene rings is 4. The zero-order valence-electron chi connectivity index (χ0n) is 18.7. The first kappa shape index (κ1) is 22.3. The maximum Gasteiger partial charge on any atom is 0.188 e. The average Bonchev–Trinajstić information content (AvgIpc) is 2.90. The number of rotatable bonds is 9. The molecule has 4 rings (SSSR count). The Morgan fingerprint density at radius 2 is 1.03 bits per heavy atom. The minimum Gasteiger partial charge on any atom is -0.497 e. The van der Waals surface area contributed by atoms with Crippen LogP contribution in [0, 0.1) is 0 Å². The Hall–Kier alpha value is -3.89. The van der Waals surface area contributed by atoms with Crippen LogP contribution in [0.5, 0.6) is 11.5 Å². The van der Waals surface area contributed by atoms with Crippen molar-refractivity contribution in [3.05, 3.63) is 131 Å². The van der Waals surface area contributed by atoms with Gasteiger partial charge in [-0.3, -0.25) is 4.79 Å². The Morgan fingerprint density at radius 1 is 0.606 bits per heavy atom. The molecule has 0 heterocycles. The Kier molecular flexibility index (Phi) is 6.86. The molecular weight excluding hydrogens is 412 g/mol. The van der Waals surface area contributed by atoms with Crippen LogP contribution in [0.15, 0.2) is 109 Å². The molecule has 0 amide bonds. The first-order chi connectivity index (χ1) is 16.2. The van der Waals surface area contributed by atoms with Gasteiger partial charge in [-0.1, -0.05) is 84.9 Å². The topological polar surface area (TPSA) is 44.8 Å². The number of ketones is 1. The lowest BCUT2D eigenvalue weighted by Crippen LogP contribution is -2.35. The van der Waals surface area contributed by atoms with Gasteiger partial charge in [-0.15, -0.1) is 0 Å². The van der Waals surface area contributed by atoms with Crippen LogP contribution in [0.3, 0.4) is 0 Å². The van der Waals surface area contributed by atoms with E-state index in [1.807, 2.05) is 97.1 Å². The molecule has 0 aliphatic heterocycles. The highest BCUT2D eigenvalue weighted by molar-refractivity contribution is 5.97. The summed E-state index contributed by atoms with van der Waals surface area (Å²) in [5, 5.41) is 0. The van der Waals surface area contributed by atoms with Gasteiger partial charge in [0.2, 0.25) is 0 Å². The summed E-state index contributed by atoms with van der Waals surface area (Å²) in [6.45, 7) is -0.0863. The van der Waals surface area contributed by atoms with E-state index in [4.69, 9.17) is 14.2 Å². The van der Waals surface area contributed by atoms with Gasteiger partial charge in [-0.05, 0) is 41.0 Å². The standard InChI is InChI=1S/C29H26O4/c1-31-26-17-13-24(14-18-26)29(23-11-7-4-8-12-23,25-15-19-27(32-2)20-16-25)33-21-28(30)22-9-5-3-6-10-22/h3-20H,21H2,1-2H3. The average molecular weight is 439 g/mol. The number of hydrogen-bond acceptors (Lipinski definition) is 4. The predicted octanol–water partition coefficient (Wildman–Crippen LogP) is 5.90. The summed E-state index contributed by atoms with van der Waals surface area (Å²) in [7, 11) is 3.27. The first-order valence-corrected chi connectivity index (χ1v) is 10.7. The van der Waals surface area contributed by atoms with Crippen molar-refractivity contribution >= 4 is 5.78 Å². The molecule has 0 N–H and O–H groups in total. The molecule has 4 nitrogen and oxygen atoms in total. The van der Waals surface area contributed by atoms with Gasteiger partial charge < -0.3 is 14.2 Å². The third-order valence-corrected chi connectivity index (χ3v) is 5.69. The minimum atomic E-state index is -1.01. The smallest absolute Gasteiger partial charge is 0.188 e.